The van der Waals surface area contributed by atoms with Crippen LogP contribution in [0.25, 0.3) is 0 Å². The van der Waals surface area contributed by atoms with Gasteiger partial charge in [0, 0.05) is 5.56 Å². The first kappa shape index (κ1) is 20.0. The average Bonchev–Trinajstić information content (AvgIpc) is 3.33. The van der Waals surface area contributed by atoms with Crippen LogP contribution in [0.3, 0.4) is 0 Å². The minimum atomic E-state index is -0.199. The van der Waals surface area contributed by atoms with Gasteiger partial charge in [0.05, 0.1) is 19.2 Å². The number of hydrogen-bond acceptors (Lipinski definition) is 4. The van der Waals surface area contributed by atoms with Crippen LogP contribution in [0.15, 0.2) is 85.2 Å². The van der Waals surface area contributed by atoms with E-state index in [0.717, 1.165) is 22.4 Å². The number of amides is 1. The SMILES string of the molecule is COc1ccc(C2CC(c3ccccc3)n3ncnc3N2C(=O)c2ccccc2C)cc1. The van der Waals surface area contributed by atoms with Gasteiger partial charge in [-0.25, -0.2) is 4.68 Å². The number of fused-ring (bicyclic) bond motifs is 1. The fraction of sp³-hybridized carbons (Fsp3) is 0.192. The molecule has 2 atom stereocenters. The van der Waals surface area contributed by atoms with Gasteiger partial charge in [0.1, 0.15) is 12.1 Å². The van der Waals surface area contributed by atoms with Crippen LogP contribution >= 0.6 is 0 Å². The quantitative estimate of drug-likeness (QED) is 0.464. The fourth-order valence-corrected chi connectivity index (χ4v) is 4.43. The van der Waals surface area contributed by atoms with Gasteiger partial charge in [-0.1, -0.05) is 60.7 Å². The van der Waals surface area contributed by atoms with Crippen LogP contribution in [0.5, 0.6) is 5.75 Å². The maximum absolute atomic E-state index is 13.9. The Bertz CT molecular complexity index is 1230. The highest BCUT2D eigenvalue weighted by molar-refractivity contribution is 6.06. The van der Waals surface area contributed by atoms with Gasteiger partial charge in [-0.15, -0.1) is 0 Å². The number of aryl methyl sites for hydroxylation is 1. The summed E-state index contributed by atoms with van der Waals surface area (Å²) in [6.07, 6.45) is 2.21. The van der Waals surface area contributed by atoms with Crippen LogP contribution in [0.4, 0.5) is 5.95 Å². The predicted octanol–water partition coefficient (Wildman–Crippen LogP) is 4.98. The lowest BCUT2D eigenvalue weighted by molar-refractivity contribution is 0.0962. The van der Waals surface area contributed by atoms with Crippen molar-refractivity contribution in [3.63, 3.8) is 0 Å². The van der Waals surface area contributed by atoms with Crippen molar-refractivity contribution < 1.29 is 9.53 Å². The summed E-state index contributed by atoms with van der Waals surface area (Å²) in [7, 11) is 1.65. The molecule has 1 aromatic heterocycles. The van der Waals surface area contributed by atoms with E-state index in [4.69, 9.17) is 4.74 Å². The maximum Gasteiger partial charge on any atom is 0.261 e. The monoisotopic (exact) mass is 424 g/mol. The molecule has 0 spiro atoms. The van der Waals surface area contributed by atoms with E-state index >= 15 is 0 Å². The molecular formula is C26H24N4O2. The Morgan fingerprint density at radius 3 is 2.31 bits per heavy atom. The molecular weight excluding hydrogens is 400 g/mol. The Morgan fingerprint density at radius 2 is 1.59 bits per heavy atom. The van der Waals surface area contributed by atoms with E-state index in [9.17, 15) is 4.79 Å². The largest absolute Gasteiger partial charge is 0.497 e. The summed E-state index contributed by atoms with van der Waals surface area (Å²) in [5, 5.41) is 4.51. The highest BCUT2D eigenvalue weighted by atomic mass is 16.5. The zero-order valence-corrected chi connectivity index (χ0v) is 18.1. The molecule has 160 valence electrons. The Morgan fingerprint density at radius 1 is 0.906 bits per heavy atom. The summed E-state index contributed by atoms with van der Waals surface area (Å²) in [5.74, 6) is 1.26. The topological polar surface area (TPSA) is 60.2 Å². The van der Waals surface area contributed by atoms with Gasteiger partial charge < -0.3 is 4.74 Å². The van der Waals surface area contributed by atoms with Gasteiger partial charge in [0.2, 0.25) is 5.95 Å². The summed E-state index contributed by atoms with van der Waals surface area (Å²) in [6, 6.07) is 25.6. The fourth-order valence-electron chi connectivity index (χ4n) is 4.43. The van der Waals surface area contributed by atoms with Crippen LogP contribution in [-0.2, 0) is 0 Å². The first-order chi connectivity index (χ1) is 15.7. The second kappa shape index (κ2) is 8.30. The molecule has 2 unspecified atom stereocenters. The van der Waals surface area contributed by atoms with Crippen LogP contribution < -0.4 is 9.64 Å². The molecule has 6 nitrogen and oxygen atoms in total. The Kier molecular flexibility index (Phi) is 5.19. The number of carbonyl (C=O) groups excluding carboxylic acids is 1. The highest BCUT2D eigenvalue weighted by Gasteiger charge is 2.40. The Labute approximate surface area is 187 Å². The van der Waals surface area contributed by atoms with E-state index < -0.39 is 0 Å². The van der Waals surface area contributed by atoms with Gasteiger partial charge in [0.15, 0.2) is 0 Å². The zero-order chi connectivity index (χ0) is 22.1. The van der Waals surface area contributed by atoms with E-state index in [1.165, 1.54) is 6.33 Å². The predicted molar refractivity (Wildman–Crippen MR) is 123 cm³/mol. The number of rotatable bonds is 4. The van der Waals surface area contributed by atoms with Crippen molar-refractivity contribution in [2.45, 2.75) is 25.4 Å². The van der Waals surface area contributed by atoms with E-state index in [0.29, 0.717) is 17.9 Å². The zero-order valence-electron chi connectivity index (χ0n) is 18.1. The molecule has 1 amide bonds. The van der Waals surface area contributed by atoms with E-state index in [2.05, 4.69) is 22.2 Å². The number of benzene rings is 3. The first-order valence-electron chi connectivity index (χ1n) is 10.6. The van der Waals surface area contributed by atoms with Crippen molar-refractivity contribution in [1.82, 2.24) is 14.8 Å². The van der Waals surface area contributed by atoms with Gasteiger partial charge in [-0.3, -0.25) is 9.69 Å². The molecule has 0 bridgehead atoms. The number of anilines is 1. The molecule has 6 heteroatoms. The summed E-state index contributed by atoms with van der Waals surface area (Å²) < 4.78 is 7.21. The van der Waals surface area contributed by atoms with Crippen LogP contribution in [0.1, 0.15) is 45.6 Å². The van der Waals surface area contributed by atoms with Gasteiger partial charge >= 0.3 is 0 Å². The number of nitrogens with zero attached hydrogens (tertiary/aromatic N) is 4. The Hall–Kier alpha value is -3.93. The molecule has 2 heterocycles. The van der Waals surface area contributed by atoms with E-state index in [1.54, 1.807) is 12.0 Å². The lowest BCUT2D eigenvalue weighted by Crippen LogP contribution is -2.42. The third kappa shape index (κ3) is 3.43. The highest BCUT2D eigenvalue weighted by Crippen LogP contribution is 2.42. The summed E-state index contributed by atoms with van der Waals surface area (Å²) in [4.78, 5) is 20.2. The minimum Gasteiger partial charge on any atom is -0.497 e. The molecule has 4 aromatic rings. The van der Waals surface area contributed by atoms with Gasteiger partial charge in [0.25, 0.3) is 5.91 Å². The molecule has 0 aliphatic carbocycles. The molecule has 0 saturated heterocycles. The summed E-state index contributed by atoms with van der Waals surface area (Å²) >= 11 is 0. The number of aromatic nitrogens is 3. The first-order valence-corrected chi connectivity index (χ1v) is 10.6. The lowest BCUT2D eigenvalue weighted by atomic mass is 9.91. The lowest BCUT2D eigenvalue weighted by Gasteiger charge is -2.39. The second-order valence-electron chi connectivity index (χ2n) is 7.95. The van der Waals surface area contributed by atoms with Crippen molar-refractivity contribution in [2.24, 2.45) is 0 Å². The molecule has 0 fully saturated rings. The van der Waals surface area contributed by atoms with Crippen LogP contribution in [-0.4, -0.2) is 27.8 Å². The van der Waals surface area contributed by atoms with Crippen molar-refractivity contribution in [1.29, 1.82) is 0 Å². The van der Waals surface area contributed by atoms with Crippen molar-refractivity contribution >= 4 is 11.9 Å². The van der Waals surface area contributed by atoms with E-state index in [1.807, 2.05) is 78.3 Å². The minimum absolute atomic E-state index is 0.0262. The molecule has 5 rings (SSSR count). The third-order valence-electron chi connectivity index (χ3n) is 6.10. The maximum atomic E-state index is 13.9. The smallest absolute Gasteiger partial charge is 0.261 e. The van der Waals surface area contributed by atoms with Crippen molar-refractivity contribution in [3.8, 4) is 5.75 Å². The summed E-state index contributed by atoms with van der Waals surface area (Å²) in [5.41, 5.74) is 3.77. The van der Waals surface area contributed by atoms with E-state index in [-0.39, 0.29) is 18.0 Å². The number of carbonyl (C=O) groups is 1. The number of methoxy groups -OCH3 is 1. The van der Waals surface area contributed by atoms with Crippen LogP contribution in [0.2, 0.25) is 0 Å². The number of ether oxygens (including phenoxy) is 1. The van der Waals surface area contributed by atoms with Crippen molar-refractivity contribution in [2.75, 3.05) is 12.0 Å². The molecule has 3 aromatic carbocycles. The molecule has 1 aliphatic rings. The molecule has 32 heavy (non-hydrogen) atoms. The molecule has 0 N–H and O–H groups in total. The third-order valence-corrected chi connectivity index (χ3v) is 6.10. The summed E-state index contributed by atoms with van der Waals surface area (Å²) in [6.45, 7) is 1.96. The normalized spacial score (nSPS) is 17.6. The van der Waals surface area contributed by atoms with Crippen molar-refractivity contribution in [3.05, 3.63) is 107 Å². The van der Waals surface area contributed by atoms with Gasteiger partial charge in [-0.2, -0.15) is 10.1 Å². The second-order valence-corrected chi connectivity index (χ2v) is 7.95. The molecule has 1 aliphatic heterocycles. The van der Waals surface area contributed by atoms with Crippen LogP contribution in [0, 0.1) is 6.92 Å². The molecule has 0 saturated carbocycles. The average molecular weight is 425 g/mol. The standard InChI is InChI=1S/C26H24N4O2/c1-18-8-6-7-11-22(18)25(31)29-23(20-12-14-21(32-2)15-13-20)16-24(19-9-4-3-5-10-19)30-26(29)27-17-28-30/h3-15,17,23-24H,16H2,1-2H3. The van der Waals surface area contributed by atoms with Gasteiger partial charge in [-0.05, 0) is 48.2 Å². The Balaban J connectivity index is 1.65. The number of hydrogen-bond donors (Lipinski definition) is 0. The molecule has 0 radical (unpaired) electrons.